The number of thiophene rings is 1. The Morgan fingerprint density at radius 3 is 2.72 bits per heavy atom. The molecule has 2 atom stereocenters. The molecule has 0 bridgehead atoms. The molecule has 4 nitrogen and oxygen atoms in total. The molecule has 1 aromatic heterocycles. The van der Waals surface area contributed by atoms with Crippen LogP contribution in [0.4, 0.5) is 0 Å². The van der Waals surface area contributed by atoms with Gasteiger partial charge in [-0.1, -0.05) is 0 Å². The highest BCUT2D eigenvalue weighted by Gasteiger charge is 2.39. The SMILES string of the molecule is COc1cc(C)sc1C(=O)N1C[C@H]2CNC[C@H]2C1. The van der Waals surface area contributed by atoms with Gasteiger partial charge < -0.3 is 15.0 Å². The van der Waals surface area contributed by atoms with Crippen LogP contribution in [-0.4, -0.2) is 44.1 Å². The number of nitrogens with zero attached hydrogens (tertiary/aromatic N) is 1. The summed E-state index contributed by atoms with van der Waals surface area (Å²) in [4.78, 5) is 16.4. The van der Waals surface area contributed by atoms with Gasteiger partial charge in [0.2, 0.25) is 0 Å². The summed E-state index contributed by atoms with van der Waals surface area (Å²) in [6, 6.07) is 1.94. The minimum Gasteiger partial charge on any atom is -0.495 e. The molecule has 1 amide bonds. The maximum absolute atomic E-state index is 12.5. The van der Waals surface area contributed by atoms with E-state index in [9.17, 15) is 4.79 Å². The number of carbonyl (C=O) groups excluding carboxylic acids is 1. The van der Waals surface area contributed by atoms with Crippen LogP contribution < -0.4 is 10.1 Å². The smallest absolute Gasteiger partial charge is 0.267 e. The second-order valence-electron chi connectivity index (χ2n) is 5.14. The second kappa shape index (κ2) is 4.55. The fraction of sp³-hybridized carbons (Fsp3) is 0.615. The van der Waals surface area contributed by atoms with Gasteiger partial charge in [-0.15, -0.1) is 11.3 Å². The van der Waals surface area contributed by atoms with E-state index < -0.39 is 0 Å². The third-order valence-electron chi connectivity index (χ3n) is 3.91. The molecule has 0 unspecified atom stereocenters. The first-order valence-corrected chi connectivity index (χ1v) is 7.15. The van der Waals surface area contributed by atoms with Crippen LogP contribution in [0.3, 0.4) is 0 Å². The number of aryl methyl sites for hydroxylation is 1. The largest absolute Gasteiger partial charge is 0.495 e. The predicted octanol–water partition coefficient (Wildman–Crippen LogP) is 1.36. The Morgan fingerprint density at radius 1 is 1.44 bits per heavy atom. The van der Waals surface area contributed by atoms with Crippen molar-refractivity contribution >= 4 is 17.2 Å². The molecule has 2 saturated heterocycles. The van der Waals surface area contributed by atoms with Gasteiger partial charge in [0.1, 0.15) is 10.6 Å². The first-order valence-electron chi connectivity index (χ1n) is 6.33. The van der Waals surface area contributed by atoms with E-state index >= 15 is 0 Å². The zero-order valence-corrected chi connectivity index (χ0v) is 11.5. The molecule has 0 aromatic carbocycles. The lowest BCUT2D eigenvalue weighted by Crippen LogP contribution is -2.31. The highest BCUT2D eigenvalue weighted by Crippen LogP contribution is 2.33. The van der Waals surface area contributed by atoms with Crippen LogP contribution in [0.5, 0.6) is 5.75 Å². The molecule has 0 radical (unpaired) electrons. The average Bonchev–Trinajstić information content (AvgIpc) is 3.00. The van der Waals surface area contributed by atoms with Crippen LogP contribution in [-0.2, 0) is 0 Å². The summed E-state index contributed by atoms with van der Waals surface area (Å²) in [6.45, 7) is 5.88. The van der Waals surface area contributed by atoms with Gasteiger partial charge >= 0.3 is 0 Å². The number of amides is 1. The van der Waals surface area contributed by atoms with Gasteiger partial charge in [-0.25, -0.2) is 0 Å². The van der Waals surface area contributed by atoms with Crippen LogP contribution in [0.25, 0.3) is 0 Å². The van der Waals surface area contributed by atoms with Gasteiger partial charge in [-0.05, 0) is 24.8 Å². The Labute approximate surface area is 111 Å². The quantitative estimate of drug-likeness (QED) is 0.878. The molecule has 2 aliphatic rings. The average molecular weight is 266 g/mol. The number of likely N-dealkylation sites (tertiary alicyclic amines) is 1. The first-order chi connectivity index (χ1) is 8.69. The van der Waals surface area contributed by atoms with E-state index in [0.717, 1.165) is 41.7 Å². The van der Waals surface area contributed by atoms with E-state index in [1.54, 1.807) is 7.11 Å². The van der Waals surface area contributed by atoms with Crippen LogP contribution >= 0.6 is 11.3 Å². The number of ether oxygens (including phenoxy) is 1. The van der Waals surface area contributed by atoms with Crippen molar-refractivity contribution in [2.45, 2.75) is 6.92 Å². The number of nitrogens with one attached hydrogen (secondary N) is 1. The van der Waals surface area contributed by atoms with E-state index in [1.165, 1.54) is 11.3 Å². The van der Waals surface area contributed by atoms with Crippen molar-refractivity contribution in [3.05, 3.63) is 15.8 Å². The normalized spacial score (nSPS) is 26.4. The van der Waals surface area contributed by atoms with Gasteiger partial charge in [-0.2, -0.15) is 0 Å². The van der Waals surface area contributed by atoms with Gasteiger partial charge in [0.25, 0.3) is 5.91 Å². The number of rotatable bonds is 2. The monoisotopic (exact) mass is 266 g/mol. The first kappa shape index (κ1) is 12.0. The summed E-state index contributed by atoms with van der Waals surface area (Å²) in [5.41, 5.74) is 0. The molecular formula is C13H18N2O2S. The molecule has 18 heavy (non-hydrogen) atoms. The van der Waals surface area contributed by atoms with Crippen molar-refractivity contribution in [2.24, 2.45) is 11.8 Å². The molecule has 1 aromatic rings. The third kappa shape index (κ3) is 1.91. The second-order valence-corrected chi connectivity index (χ2v) is 6.40. The number of fused-ring (bicyclic) bond motifs is 1. The van der Waals surface area contributed by atoms with Crippen molar-refractivity contribution in [3.8, 4) is 5.75 Å². The summed E-state index contributed by atoms with van der Waals surface area (Å²) in [6.07, 6.45) is 0. The highest BCUT2D eigenvalue weighted by atomic mass is 32.1. The summed E-state index contributed by atoms with van der Waals surface area (Å²) in [7, 11) is 1.63. The third-order valence-corrected chi connectivity index (χ3v) is 4.93. The van der Waals surface area contributed by atoms with Crippen molar-refractivity contribution < 1.29 is 9.53 Å². The van der Waals surface area contributed by atoms with E-state index in [0.29, 0.717) is 11.8 Å². The molecular weight excluding hydrogens is 248 g/mol. The standard InChI is InChI=1S/C13H18N2O2S/c1-8-3-11(17-2)12(18-8)13(16)15-6-9-4-14-5-10(9)7-15/h3,9-10,14H,4-7H2,1-2H3/t9-,10+. The zero-order chi connectivity index (χ0) is 12.7. The van der Waals surface area contributed by atoms with E-state index in [1.807, 2.05) is 17.9 Å². The van der Waals surface area contributed by atoms with Crippen molar-refractivity contribution in [2.75, 3.05) is 33.3 Å². The minimum absolute atomic E-state index is 0.138. The van der Waals surface area contributed by atoms with Gasteiger partial charge in [-0.3, -0.25) is 4.79 Å². The van der Waals surface area contributed by atoms with Crippen molar-refractivity contribution in [1.82, 2.24) is 10.2 Å². The molecule has 0 aliphatic carbocycles. The predicted molar refractivity (Wildman–Crippen MR) is 71.4 cm³/mol. The Balaban J connectivity index is 1.78. The molecule has 5 heteroatoms. The molecule has 2 fully saturated rings. The molecule has 3 heterocycles. The van der Waals surface area contributed by atoms with Gasteiger partial charge in [0, 0.05) is 31.1 Å². The van der Waals surface area contributed by atoms with Crippen LogP contribution in [0.15, 0.2) is 6.07 Å². The lowest BCUT2D eigenvalue weighted by Gasteiger charge is -2.17. The Morgan fingerprint density at radius 2 is 2.11 bits per heavy atom. The minimum atomic E-state index is 0.138. The van der Waals surface area contributed by atoms with Crippen molar-refractivity contribution in [3.63, 3.8) is 0 Å². The van der Waals surface area contributed by atoms with Crippen LogP contribution in [0.2, 0.25) is 0 Å². The Kier molecular flexibility index (Phi) is 3.03. The number of methoxy groups -OCH3 is 1. The number of carbonyl (C=O) groups is 1. The summed E-state index contributed by atoms with van der Waals surface area (Å²) in [5, 5.41) is 3.39. The fourth-order valence-electron chi connectivity index (χ4n) is 2.96. The zero-order valence-electron chi connectivity index (χ0n) is 10.7. The Hall–Kier alpha value is -1.07. The molecule has 3 rings (SSSR count). The number of hydrogen-bond acceptors (Lipinski definition) is 4. The fourth-order valence-corrected chi connectivity index (χ4v) is 3.90. The molecule has 1 N–H and O–H groups in total. The topological polar surface area (TPSA) is 41.6 Å². The molecule has 2 aliphatic heterocycles. The number of hydrogen-bond donors (Lipinski definition) is 1. The highest BCUT2D eigenvalue weighted by molar-refractivity contribution is 7.14. The lowest BCUT2D eigenvalue weighted by atomic mass is 10.0. The maximum Gasteiger partial charge on any atom is 0.267 e. The van der Waals surface area contributed by atoms with Crippen LogP contribution in [0, 0.1) is 18.8 Å². The Bertz CT molecular complexity index is 460. The van der Waals surface area contributed by atoms with Crippen LogP contribution in [0.1, 0.15) is 14.5 Å². The van der Waals surface area contributed by atoms with E-state index in [4.69, 9.17) is 4.74 Å². The van der Waals surface area contributed by atoms with E-state index in [-0.39, 0.29) is 5.91 Å². The summed E-state index contributed by atoms with van der Waals surface area (Å²) >= 11 is 1.53. The summed E-state index contributed by atoms with van der Waals surface area (Å²) < 4.78 is 5.29. The molecule has 98 valence electrons. The summed E-state index contributed by atoms with van der Waals surface area (Å²) in [5.74, 6) is 2.14. The van der Waals surface area contributed by atoms with E-state index in [2.05, 4.69) is 5.32 Å². The molecule has 0 spiro atoms. The van der Waals surface area contributed by atoms with Gasteiger partial charge in [0.05, 0.1) is 7.11 Å². The maximum atomic E-state index is 12.5. The van der Waals surface area contributed by atoms with Crippen molar-refractivity contribution in [1.29, 1.82) is 0 Å². The van der Waals surface area contributed by atoms with Gasteiger partial charge in [0.15, 0.2) is 0 Å². The molecule has 0 saturated carbocycles. The lowest BCUT2D eigenvalue weighted by molar-refractivity contribution is 0.0783.